The third-order valence-corrected chi connectivity index (χ3v) is 4.81. The molecule has 1 fully saturated rings. The third kappa shape index (κ3) is 3.29. The smallest absolute Gasteiger partial charge is 0.198 e. The molecule has 1 aromatic heterocycles. The summed E-state index contributed by atoms with van der Waals surface area (Å²) in [6.45, 7) is 2.32. The maximum atomic E-state index is 9.19. The number of aromatic nitrogens is 1. The molecule has 114 valence electrons. The van der Waals surface area contributed by atoms with Crippen LogP contribution in [0, 0.1) is 5.92 Å². The molecule has 3 rings (SSSR count). The lowest BCUT2D eigenvalue weighted by Gasteiger charge is -2.26. The molecule has 3 nitrogen and oxygen atoms in total. The molecule has 0 saturated heterocycles. The lowest BCUT2D eigenvalue weighted by atomic mass is 9.80. The van der Waals surface area contributed by atoms with Gasteiger partial charge in [-0.05, 0) is 49.3 Å². The quantitative estimate of drug-likeness (QED) is 0.860. The summed E-state index contributed by atoms with van der Waals surface area (Å²) in [4.78, 5) is 4.65. The fraction of sp³-hybridized carbons (Fsp3) is 0.611. The normalized spacial score (nSPS) is 22.8. The van der Waals surface area contributed by atoms with Gasteiger partial charge in [0.15, 0.2) is 11.5 Å². The topological polar surface area (TPSA) is 46.3 Å². The van der Waals surface area contributed by atoms with Crippen molar-refractivity contribution in [3.63, 3.8) is 0 Å². The van der Waals surface area contributed by atoms with Crippen molar-refractivity contribution in [2.24, 2.45) is 5.92 Å². The van der Waals surface area contributed by atoms with Gasteiger partial charge in [-0.3, -0.25) is 0 Å². The Balaban J connectivity index is 1.67. The Labute approximate surface area is 126 Å². The minimum atomic E-state index is 0.0501. The largest absolute Gasteiger partial charge is 0.440 e. The van der Waals surface area contributed by atoms with Gasteiger partial charge < -0.3 is 9.52 Å². The van der Waals surface area contributed by atoms with E-state index in [0.717, 1.165) is 28.5 Å². The third-order valence-electron chi connectivity index (χ3n) is 4.81. The monoisotopic (exact) mass is 287 g/mol. The summed E-state index contributed by atoms with van der Waals surface area (Å²) in [5.41, 5.74) is 2.61. The van der Waals surface area contributed by atoms with Gasteiger partial charge in [-0.15, -0.1) is 0 Å². The molecule has 21 heavy (non-hydrogen) atoms. The van der Waals surface area contributed by atoms with Gasteiger partial charge in [0.25, 0.3) is 0 Å². The van der Waals surface area contributed by atoms with Crippen molar-refractivity contribution in [3.05, 3.63) is 29.7 Å². The molecular weight excluding hydrogens is 262 g/mol. The van der Waals surface area contributed by atoms with Crippen molar-refractivity contribution >= 4 is 11.1 Å². The van der Waals surface area contributed by atoms with Crippen LogP contribution in [0.4, 0.5) is 0 Å². The molecule has 0 spiro atoms. The zero-order valence-electron chi connectivity index (χ0n) is 12.8. The Kier molecular flexibility index (Phi) is 4.59. The number of nitrogens with zero attached hydrogens (tertiary/aromatic N) is 1. The van der Waals surface area contributed by atoms with E-state index in [9.17, 15) is 5.11 Å². The van der Waals surface area contributed by atoms with E-state index in [2.05, 4.69) is 11.9 Å². The summed E-state index contributed by atoms with van der Waals surface area (Å²) in [5.74, 6) is 2.29. The predicted molar refractivity (Wildman–Crippen MR) is 84.2 cm³/mol. The molecule has 0 amide bonds. The fourth-order valence-electron chi connectivity index (χ4n) is 3.45. The average molecular weight is 287 g/mol. The highest BCUT2D eigenvalue weighted by molar-refractivity contribution is 5.73. The molecule has 0 atom stereocenters. The van der Waals surface area contributed by atoms with Crippen LogP contribution < -0.4 is 0 Å². The zero-order valence-corrected chi connectivity index (χ0v) is 12.8. The van der Waals surface area contributed by atoms with Crippen LogP contribution in [-0.2, 0) is 6.61 Å². The van der Waals surface area contributed by atoms with E-state index in [1.165, 1.54) is 44.9 Å². The van der Waals surface area contributed by atoms with Crippen LogP contribution in [0.1, 0.15) is 69.2 Å². The number of hydrogen-bond donors (Lipinski definition) is 1. The van der Waals surface area contributed by atoms with Crippen LogP contribution >= 0.6 is 0 Å². The van der Waals surface area contributed by atoms with Crippen LogP contribution in [0.5, 0.6) is 0 Å². The minimum absolute atomic E-state index is 0.0501. The average Bonchev–Trinajstić information content (AvgIpc) is 2.96. The van der Waals surface area contributed by atoms with E-state index >= 15 is 0 Å². The first kappa shape index (κ1) is 14.6. The molecule has 0 aliphatic heterocycles. The Hall–Kier alpha value is -1.35. The summed E-state index contributed by atoms with van der Waals surface area (Å²) in [7, 11) is 0. The molecule has 3 heteroatoms. The molecule has 1 saturated carbocycles. The lowest BCUT2D eigenvalue weighted by molar-refractivity contribution is 0.279. The zero-order chi connectivity index (χ0) is 14.7. The summed E-state index contributed by atoms with van der Waals surface area (Å²) in [6.07, 6.45) is 9.08. The van der Waals surface area contributed by atoms with Crippen LogP contribution in [0.3, 0.4) is 0 Å². The predicted octanol–water partition coefficient (Wildman–Crippen LogP) is 4.78. The first-order chi connectivity index (χ1) is 10.3. The summed E-state index contributed by atoms with van der Waals surface area (Å²) >= 11 is 0. The van der Waals surface area contributed by atoms with E-state index in [4.69, 9.17) is 4.42 Å². The molecule has 1 aliphatic rings. The molecule has 1 aromatic carbocycles. The molecular formula is C18H25NO2. The van der Waals surface area contributed by atoms with Gasteiger partial charge in [-0.2, -0.15) is 0 Å². The fourth-order valence-corrected chi connectivity index (χ4v) is 3.45. The Morgan fingerprint density at radius 2 is 2.05 bits per heavy atom. The van der Waals surface area contributed by atoms with Gasteiger partial charge in [-0.1, -0.05) is 32.3 Å². The Morgan fingerprint density at radius 3 is 2.76 bits per heavy atom. The van der Waals surface area contributed by atoms with E-state index in [1.807, 2.05) is 18.2 Å². The van der Waals surface area contributed by atoms with Crippen LogP contribution in [-0.4, -0.2) is 10.1 Å². The number of hydrogen-bond acceptors (Lipinski definition) is 3. The Bertz CT molecular complexity index is 582. The van der Waals surface area contributed by atoms with Gasteiger partial charge >= 0.3 is 0 Å². The minimum Gasteiger partial charge on any atom is -0.440 e. The van der Waals surface area contributed by atoms with Crippen molar-refractivity contribution in [3.8, 4) is 0 Å². The van der Waals surface area contributed by atoms with E-state index < -0.39 is 0 Å². The first-order valence-electron chi connectivity index (χ1n) is 8.30. The number of aliphatic hydroxyl groups is 1. The first-order valence-corrected chi connectivity index (χ1v) is 8.30. The van der Waals surface area contributed by atoms with Crippen LogP contribution in [0.15, 0.2) is 22.6 Å². The molecule has 0 unspecified atom stereocenters. The molecule has 1 N–H and O–H groups in total. The second kappa shape index (κ2) is 6.61. The van der Waals surface area contributed by atoms with Crippen molar-refractivity contribution in [1.82, 2.24) is 4.98 Å². The van der Waals surface area contributed by atoms with Crippen molar-refractivity contribution in [2.45, 2.75) is 64.4 Å². The van der Waals surface area contributed by atoms with E-state index in [1.54, 1.807) is 0 Å². The van der Waals surface area contributed by atoms with Gasteiger partial charge in [0.1, 0.15) is 5.52 Å². The highest BCUT2D eigenvalue weighted by Crippen LogP contribution is 2.38. The van der Waals surface area contributed by atoms with Gasteiger partial charge in [0.05, 0.1) is 6.61 Å². The lowest BCUT2D eigenvalue weighted by Crippen LogP contribution is -2.13. The highest BCUT2D eigenvalue weighted by Gasteiger charge is 2.25. The molecule has 0 bridgehead atoms. The molecule has 1 aliphatic carbocycles. The maximum Gasteiger partial charge on any atom is 0.198 e. The Morgan fingerprint density at radius 1 is 1.24 bits per heavy atom. The number of unbranched alkanes of at least 4 members (excludes halogenated alkanes) is 1. The standard InChI is InChI=1S/C18H25NO2/c1-2-3-4-13-5-8-15(9-6-13)18-19-16-10-7-14(12-20)11-17(16)21-18/h7,10-11,13,15,20H,2-6,8-9,12H2,1H3. The van der Waals surface area contributed by atoms with E-state index in [-0.39, 0.29) is 6.61 Å². The van der Waals surface area contributed by atoms with Gasteiger partial charge in [-0.25, -0.2) is 4.98 Å². The number of benzene rings is 1. The van der Waals surface area contributed by atoms with Crippen molar-refractivity contribution in [2.75, 3.05) is 0 Å². The number of oxazole rings is 1. The summed E-state index contributed by atoms with van der Waals surface area (Å²) < 4.78 is 5.94. The van der Waals surface area contributed by atoms with Crippen molar-refractivity contribution in [1.29, 1.82) is 0 Å². The summed E-state index contributed by atoms with van der Waals surface area (Å²) in [5, 5.41) is 9.19. The van der Waals surface area contributed by atoms with Crippen LogP contribution in [0.2, 0.25) is 0 Å². The van der Waals surface area contributed by atoms with Crippen molar-refractivity contribution < 1.29 is 9.52 Å². The number of aliphatic hydroxyl groups excluding tert-OH is 1. The van der Waals surface area contributed by atoms with Gasteiger partial charge in [0.2, 0.25) is 0 Å². The molecule has 2 aromatic rings. The van der Waals surface area contributed by atoms with Crippen LogP contribution in [0.25, 0.3) is 11.1 Å². The highest BCUT2D eigenvalue weighted by atomic mass is 16.3. The number of rotatable bonds is 5. The number of fused-ring (bicyclic) bond motifs is 1. The van der Waals surface area contributed by atoms with Gasteiger partial charge in [0, 0.05) is 5.92 Å². The second-order valence-corrected chi connectivity index (χ2v) is 6.37. The van der Waals surface area contributed by atoms with E-state index in [0.29, 0.717) is 5.92 Å². The molecule has 0 radical (unpaired) electrons. The summed E-state index contributed by atoms with van der Waals surface area (Å²) in [6, 6.07) is 5.76. The molecule has 1 heterocycles. The maximum absolute atomic E-state index is 9.19. The second-order valence-electron chi connectivity index (χ2n) is 6.37. The SMILES string of the molecule is CCCCC1CCC(c2nc3ccc(CO)cc3o2)CC1.